The van der Waals surface area contributed by atoms with E-state index < -0.39 is 5.97 Å². The number of nitrogens with one attached hydrogen (secondary N) is 2. The first kappa shape index (κ1) is 13.6. The number of halogens is 1. The highest BCUT2D eigenvalue weighted by Crippen LogP contribution is 2.37. The SMILES string of the molecule is COC(=O)c1[nH]nc2c1C(c1ccc(Cl)cn1)CC(=O)N2. The number of pyridine rings is 1. The van der Waals surface area contributed by atoms with Crippen LogP contribution in [0.4, 0.5) is 5.82 Å². The van der Waals surface area contributed by atoms with E-state index in [0.29, 0.717) is 22.1 Å². The van der Waals surface area contributed by atoms with E-state index in [1.165, 1.54) is 13.3 Å². The van der Waals surface area contributed by atoms with Crippen LogP contribution in [0.5, 0.6) is 0 Å². The topological polar surface area (TPSA) is 97.0 Å². The van der Waals surface area contributed by atoms with Crippen LogP contribution in [0.25, 0.3) is 0 Å². The van der Waals surface area contributed by atoms with Crippen molar-refractivity contribution >= 4 is 29.3 Å². The third kappa shape index (κ3) is 2.36. The summed E-state index contributed by atoms with van der Waals surface area (Å²) in [5.41, 5.74) is 1.44. The van der Waals surface area contributed by atoms with Crippen LogP contribution >= 0.6 is 11.6 Å². The number of esters is 1. The third-order valence-corrected chi connectivity index (χ3v) is 3.52. The minimum absolute atomic E-state index is 0.172. The van der Waals surface area contributed by atoms with E-state index in [-0.39, 0.29) is 23.9 Å². The van der Waals surface area contributed by atoms with Gasteiger partial charge in [-0.05, 0) is 12.1 Å². The van der Waals surface area contributed by atoms with E-state index in [9.17, 15) is 9.59 Å². The summed E-state index contributed by atoms with van der Waals surface area (Å²) in [6.07, 6.45) is 1.67. The van der Waals surface area contributed by atoms with Gasteiger partial charge in [0.2, 0.25) is 5.91 Å². The summed E-state index contributed by atoms with van der Waals surface area (Å²) in [5, 5.41) is 9.69. The smallest absolute Gasteiger partial charge is 0.356 e. The third-order valence-electron chi connectivity index (χ3n) is 3.30. The van der Waals surface area contributed by atoms with Gasteiger partial charge in [0, 0.05) is 29.8 Å². The fourth-order valence-electron chi connectivity index (χ4n) is 2.36. The highest BCUT2D eigenvalue weighted by atomic mass is 35.5. The lowest BCUT2D eigenvalue weighted by Gasteiger charge is -2.22. The minimum atomic E-state index is -0.543. The second-order valence-electron chi connectivity index (χ2n) is 4.56. The molecule has 0 saturated carbocycles. The van der Waals surface area contributed by atoms with Gasteiger partial charge in [-0.15, -0.1) is 0 Å². The van der Waals surface area contributed by atoms with Crippen molar-refractivity contribution in [3.63, 3.8) is 0 Å². The number of hydrogen-bond acceptors (Lipinski definition) is 5. The summed E-state index contributed by atoms with van der Waals surface area (Å²) in [6, 6.07) is 3.41. The molecule has 0 bridgehead atoms. The number of fused-ring (bicyclic) bond motifs is 1. The van der Waals surface area contributed by atoms with Crippen LogP contribution in [0.2, 0.25) is 5.02 Å². The maximum absolute atomic E-state index is 11.8. The number of carbonyl (C=O) groups excluding carboxylic acids is 2. The number of aromatic nitrogens is 3. The average molecular weight is 307 g/mol. The molecule has 0 aromatic carbocycles. The molecule has 1 amide bonds. The van der Waals surface area contributed by atoms with E-state index in [2.05, 4.69) is 20.5 Å². The molecule has 2 N–H and O–H groups in total. The molecule has 2 aromatic heterocycles. The van der Waals surface area contributed by atoms with Gasteiger partial charge in [-0.2, -0.15) is 5.10 Å². The van der Waals surface area contributed by atoms with Gasteiger partial charge in [-0.3, -0.25) is 14.9 Å². The number of methoxy groups -OCH3 is 1. The number of amides is 1. The monoisotopic (exact) mass is 306 g/mol. The lowest BCUT2D eigenvalue weighted by Crippen LogP contribution is -2.25. The van der Waals surface area contributed by atoms with E-state index in [0.717, 1.165) is 0 Å². The summed E-state index contributed by atoms with van der Waals surface area (Å²) >= 11 is 5.83. The molecule has 3 rings (SSSR count). The Hall–Kier alpha value is -2.41. The zero-order valence-corrected chi connectivity index (χ0v) is 11.8. The Bertz CT molecular complexity index is 711. The van der Waals surface area contributed by atoms with E-state index in [1.54, 1.807) is 12.1 Å². The van der Waals surface area contributed by atoms with Crippen molar-refractivity contribution in [3.05, 3.63) is 40.3 Å². The number of H-pyrrole nitrogens is 1. The molecule has 1 unspecified atom stereocenters. The number of aromatic amines is 1. The highest BCUT2D eigenvalue weighted by Gasteiger charge is 2.34. The molecule has 1 atom stereocenters. The van der Waals surface area contributed by atoms with Gasteiger partial charge in [0.25, 0.3) is 0 Å². The normalized spacial score (nSPS) is 17.0. The Balaban J connectivity index is 2.11. The Kier molecular flexibility index (Phi) is 3.34. The molecular weight excluding hydrogens is 296 g/mol. The number of carbonyl (C=O) groups is 2. The van der Waals surface area contributed by atoms with Gasteiger partial charge in [0.05, 0.1) is 12.1 Å². The standard InChI is InChI=1S/C13H11ClN4O3/c1-21-13(20)11-10-7(8-3-2-6(14)5-15-8)4-9(19)16-12(10)18-17-11/h2-3,5,7H,4H2,1H3,(H2,16,17,18,19). The Labute approximate surface area is 124 Å². The van der Waals surface area contributed by atoms with Crippen LogP contribution in [-0.4, -0.2) is 34.2 Å². The van der Waals surface area contributed by atoms with Crippen LogP contribution in [-0.2, 0) is 9.53 Å². The van der Waals surface area contributed by atoms with Crippen molar-refractivity contribution in [3.8, 4) is 0 Å². The number of nitrogens with zero attached hydrogens (tertiary/aromatic N) is 2. The number of ether oxygens (including phenoxy) is 1. The van der Waals surface area contributed by atoms with Crippen molar-refractivity contribution in [1.82, 2.24) is 15.2 Å². The summed E-state index contributed by atoms with van der Waals surface area (Å²) in [5.74, 6) is -0.779. The van der Waals surface area contributed by atoms with Crippen molar-refractivity contribution < 1.29 is 14.3 Å². The van der Waals surface area contributed by atoms with Gasteiger partial charge >= 0.3 is 5.97 Å². The molecular formula is C13H11ClN4O3. The van der Waals surface area contributed by atoms with E-state index in [4.69, 9.17) is 16.3 Å². The first-order valence-corrected chi connectivity index (χ1v) is 6.56. The largest absolute Gasteiger partial charge is 0.464 e. The molecule has 1 aliphatic heterocycles. The summed E-state index contributed by atoms with van der Waals surface area (Å²) in [6.45, 7) is 0. The Morgan fingerprint density at radius 2 is 2.29 bits per heavy atom. The van der Waals surface area contributed by atoms with Crippen LogP contribution in [0.3, 0.4) is 0 Å². The predicted molar refractivity (Wildman–Crippen MR) is 74.3 cm³/mol. The van der Waals surface area contributed by atoms with Crippen LogP contribution in [0.1, 0.15) is 34.1 Å². The van der Waals surface area contributed by atoms with Gasteiger partial charge in [0.15, 0.2) is 5.82 Å². The molecule has 7 nitrogen and oxygen atoms in total. The van der Waals surface area contributed by atoms with Crippen LogP contribution in [0, 0.1) is 0 Å². The molecule has 0 radical (unpaired) electrons. The maximum Gasteiger partial charge on any atom is 0.356 e. The zero-order chi connectivity index (χ0) is 15.0. The second kappa shape index (κ2) is 5.17. The Morgan fingerprint density at radius 1 is 1.48 bits per heavy atom. The van der Waals surface area contributed by atoms with E-state index in [1.807, 2.05) is 0 Å². The molecule has 0 fully saturated rings. The van der Waals surface area contributed by atoms with Crippen molar-refractivity contribution in [2.75, 3.05) is 12.4 Å². The summed E-state index contributed by atoms with van der Waals surface area (Å²) in [7, 11) is 1.28. The first-order chi connectivity index (χ1) is 10.1. The quantitative estimate of drug-likeness (QED) is 0.823. The Morgan fingerprint density at radius 3 is 2.95 bits per heavy atom. The molecule has 21 heavy (non-hydrogen) atoms. The van der Waals surface area contributed by atoms with Gasteiger partial charge in [-0.1, -0.05) is 11.6 Å². The fourth-order valence-corrected chi connectivity index (χ4v) is 2.47. The average Bonchev–Trinajstić information content (AvgIpc) is 2.90. The molecule has 2 aromatic rings. The van der Waals surface area contributed by atoms with Gasteiger partial charge in [0.1, 0.15) is 5.69 Å². The molecule has 0 saturated heterocycles. The van der Waals surface area contributed by atoms with E-state index >= 15 is 0 Å². The molecule has 8 heteroatoms. The van der Waals surface area contributed by atoms with Gasteiger partial charge in [-0.25, -0.2) is 4.79 Å². The number of rotatable bonds is 2. The predicted octanol–water partition coefficient (Wildman–Crippen LogP) is 1.72. The number of anilines is 1. The molecule has 0 aliphatic carbocycles. The van der Waals surface area contributed by atoms with Crippen molar-refractivity contribution in [1.29, 1.82) is 0 Å². The van der Waals surface area contributed by atoms with Crippen molar-refractivity contribution in [2.45, 2.75) is 12.3 Å². The fraction of sp³-hybridized carbons (Fsp3) is 0.231. The van der Waals surface area contributed by atoms with Crippen molar-refractivity contribution in [2.24, 2.45) is 0 Å². The summed E-state index contributed by atoms with van der Waals surface area (Å²) < 4.78 is 4.73. The number of hydrogen-bond donors (Lipinski definition) is 2. The maximum atomic E-state index is 11.8. The lowest BCUT2D eigenvalue weighted by atomic mass is 9.88. The lowest BCUT2D eigenvalue weighted by molar-refractivity contribution is -0.116. The highest BCUT2D eigenvalue weighted by molar-refractivity contribution is 6.30. The van der Waals surface area contributed by atoms with Crippen LogP contribution in [0.15, 0.2) is 18.3 Å². The first-order valence-electron chi connectivity index (χ1n) is 6.18. The molecule has 108 valence electrons. The van der Waals surface area contributed by atoms with Crippen LogP contribution < -0.4 is 5.32 Å². The molecule has 3 heterocycles. The summed E-state index contributed by atoms with van der Waals surface area (Å²) in [4.78, 5) is 27.8. The minimum Gasteiger partial charge on any atom is -0.464 e. The van der Waals surface area contributed by atoms with Gasteiger partial charge < -0.3 is 10.1 Å². The molecule has 0 spiro atoms. The zero-order valence-electron chi connectivity index (χ0n) is 11.0. The molecule has 1 aliphatic rings. The second-order valence-corrected chi connectivity index (χ2v) is 5.00.